The van der Waals surface area contributed by atoms with Crippen LogP contribution in [0.4, 0.5) is 0 Å². The van der Waals surface area contributed by atoms with E-state index in [4.69, 9.17) is 9.84 Å². The molecule has 0 spiro atoms. The smallest absolute Gasteiger partial charge is 0.0622 e. The zero-order chi connectivity index (χ0) is 18.1. The molecule has 0 aromatic heterocycles. The van der Waals surface area contributed by atoms with Crippen LogP contribution in [0.5, 0.6) is 0 Å². The first-order valence-corrected chi connectivity index (χ1v) is 9.29. The van der Waals surface area contributed by atoms with Crippen molar-refractivity contribution in [1.82, 2.24) is 0 Å². The van der Waals surface area contributed by atoms with Crippen LogP contribution in [0.2, 0.25) is 0 Å². The number of ether oxygens (including phenoxy) is 1. The third kappa shape index (κ3) is 19.6. The van der Waals surface area contributed by atoms with Gasteiger partial charge in [-0.25, -0.2) is 0 Å². The van der Waals surface area contributed by atoms with E-state index in [1.165, 1.54) is 12.8 Å². The fraction of sp³-hybridized carbons (Fsp3) is 0.900. The van der Waals surface area contributed by atoms with Crippen LogP contribution < -0.4 is 0 Å². The molecule has 2 unspecified atom stereocenters. The number of hydrogen-bond donors (Lipinski definition) is 2. The van der Waals surface area contributed by atoms with E-state index >= 15 is 0 Å². The van der Waals surface area contributed by atoms with Crippen molar-refractivity contribution in [2.75, 3.05) is 13.7 Å². The van der Waals surface area contributed by atoms with Crippen LogP contribution in [-0.4, -0.2) is 35.6 Å². The summed E-state index contributed by atoms with van der Waals surface area (Å²) in [6.07, 6.45) is 13.1. The van der Waals surface area contributed by atoms with Crippen molar-refractivity contribution in [3.8, 4) is 0 Å². The van der Waals surface area contributed by atoms with Crippen molar-refractivity contribution in [2.24, 2.45) is 5.92 Å². The highest BCUT2D eigenvalue weighted by atomic mass is 16.5. The molecule has 0 aliphatic carbocycles. The van der Waals surface area contributed by atoms with Gasteiger partial charge in [-0.1, -0.05) is 38.8 Å². The van der Waals surface area contributed by atoms with Crippen molar-refractivity contribution < 1.29 is 14.9 Å². The monoisotopic (exact) mass is 330 g/mol. The van der Waals surface area contributed by atoms with Gasteiger partial charge in [0.2, 0.25) is 0 Å². The number of methoxy groups -OCH3 is 1. The molecule has 0 bridgehead atoms. The molecule has 0 heterocycles. The van der Waals surface area contributed by atoms with Gasteiger partial charge in [0.1, 0.15) is 0 Å². The van der Waals surface area contributed by atoms with E-state index in [-0.39, 0.29) is 11.7 Å². The van der Waals surface area contributed by atoms with Crippen LogP contribution in [0.3, 0.4) is 0 Å². The third-order valence-electron chi connectivity index (χ3n) is 4.25. The largest absolute Gasteiger partial charge is 0.396 e. The van der Waals surface area contributed by atoms with Gasteiger partial charge in [0, 0.05) is 13.7 Å². The fourth-order valence-electron chi connectivity index (χ4n) is 2.03. The Morgan fingerprint density at radius 3 is 2.17 bits per heavy atom. The molecule has 0 aliphatic rings. The summed E-state index contributed by atoms with van der Waals surface area (Å²) >= 11 is 0. The highest BCUT2D eigenvalue weighted by Crippen LogP contribution is 2.20. The third-order valence-corrected chi connectivity index (χ3v) is 4.25. The van der Waals surface area contributed by atoms with Gasteiger partial charge in [-0.3, -0.25) is 0 Å². The predicted molar refractivity (Wildman–Crippen MR) is 101 cm³/mol. The number of rotatable bonds is 12. The molecule has 140 valence electrons. The topological polar surface area (TPSA) is 49.7 Å². The van der Waals surface area contributed by atoms with Crippen LogP contribution in [0.1, 0.15) is 86.0 Å². The Hall–Kier alpha value is -0.380. The Labute approximate surface area is 145 Å². The summed E-state index contributed by atoms with van der Waals surface area (Å²) in [6.45, 7) is 10.6. The molecule has 3 nitrogen and oxygen atoms in total. The molecule has 0 aliphatic heterocycles. The van der Waals surface area contributed by atoms with Crippen LogP contribution in [0.15, 0.2) is 12.2 Å². The van der Waals surface area contributed by atoms with Crippen LogP contribution >= 0.6 is 0 Å². The highest BCUT2D eigenvalue weighted by molar-refractivity contribution is 4.79. The SMILES string of the molecule is CC/C=C\CCCCCO.COC(C)(C)CCCC(C)C(C)O. The van der Waals surface area contributed by atoms with Crippen molar-refractivity contribution in [1.29, 1.82) is 0 Å². The molecule has 0 amide bonds. The second kappa shape index (κ2) is 16.5. The Balaban J connectivity index is 0. The van der Waals surface area contributed by atoms with E-state index in [0.29, 0.717) is 12.5 Å². The van der Waals surface area contributed by atoms with Crippen molar-refractivity contribution in [3.63, 3.8) is 0 Å². The molecule has 2 atom stereocenters. The molecular weight excluding hydrogens is 288 g/mol. The van der Waals surface area contributed by atoms with Gasteiger partial charge < -0.3 is 14.9 Å². The second-order valence-electron chi connectivity index (χ2n) is 7.03. The lowest BCUT2D eigenvalue weighted by Crippen LogP contribution is -2.23. The van der Waals surface area contributed by atoms with Crippen molar-refractivity contribution >= 4 is 0 Å². The van der Waals surface area contributed by atoms with Gasteiger partial charge in [-0.05, 0) is 65.2 Å². The number of hydrogen-bond acceptors (Lipinski definition) is 3. The molecule has 0 aromatic carbocycles. The number of aliphatic hydroxyl groups excluding tert-OH is 2. The minimum absolute atomic E-state index is 0.0155. The first-order chi connectivity index (χ1) is 10.8. The zero-order valence-corrected chi connectivity index (χ0v) is 16.5. The lowest BCUT2D eigenvalue weighted by Gasteiger charge is -2.23. The van der Waals surface area contributed by atoms with Gasteiger partial charge in [0.15, 0.2) is 0 Å². The maximum Gasteiger partial charge on any atom is 0.0622 e. The Bertz CT molecular complexity index is 260. The normalized spacial score (nSPS) is 14.4. The second-order valence-corrected chi connectivity index (χ2v) is 7.03. The van der Waals surface area contributed by atoms with Gasteiger partial charge in [0.25, 0.3) is 0 Å². The summed E-state index contributed by atoms with van der Waals surface area (Å²) in [5.74, 6) is 0.396. The lowest BCUT2D eigenvalue weighted by atomic mass is 9.94. The van der Waals surface area contributed by atoms with Gasteiger partial charge in [-0.15, -0.1) is 0 Å². The van der Waals surface area contributed by atoms with Gasteiger partial charge >= 0.3 is 0 Å². The van der Waals surface area contributed by atoms with E-state index in [0.717, 1.165) is 38.5 Å². The first-order valence-electron chi connectivity index (χ1n) is 9.29. The van der Waals surface area contributed by atoms with E-state index in [9.17, 15) is 5.11 Å². The molecule has 0 radical (unpaired) electrons. The van der Waals surface area contributed by atoms with E-state index < -0.39 is 0 Å². The number of allylic oxidation sites excluding steroid dienone is 2. The maximum absolute atomic E-state index is 9.28. The minimum Gasteiger partial charge on any atom is -0.396 e. The van der Waals surface area contributed by atoms with Crippen molar-refractivity contribution in [2.45, 2.75) is 97.7 Å². The molecule has 0 aromatic rings. The fourth-order valence-corrected chi connectivity index (χ4v) is 2.03. The zero-order valence-electron chi connectivity index (χ0n) is 16.5. The first kappa shape index (κ1) is 24.9. The Kier molecular flexibility index (Phi) is 17.8. The number of aliphatic hydroxyl groups is 2. The standard InChI is InChI=1S/C11H24O2.C9H18O/c1-9(10(2)12)7-6-8-11(3,4)13-5;1-2-3-4-5-6-7-8-9-10/h9-10,12H,6-8H2,1-5H3;3-4,10H,2,5-9H2,1H3/b;4-3-. The average Bonchev–Trinajstić information content (AvgIpc) is 2.51. The molecule has 0 rings (SSSR count). The Morgan fingerprint density at radius 2 is 1.70 bits per heavy atom. The Morgan fingerprint density at radius 1 is 1.04 bits per heavy atom. The van der Waals surface area contributed by atoms with E-state index in [2.05, 4.69) is 39.8 Å². The minimum atomic E-state index is -0.189. The summed E-state index contributed by atoms with van der Waals surface area (Å²) in [5, 5.41) is 17.7. The molecule has 0 saturated carbocycles. The lowest BCUT2D eigenvalue weighted by molar-refractivity contribution is 0.0111. The van der Waals surface area contributed by atoms with Gasteiger partial charge in [-0.2, -0.15) is 0 Å². The van der Waals surface area contributed by atoms with Crippen LogP contribution in [0, 0.1) is 5.92 Å². The number of unbranched alkanes of at least 4 members (excludes halogenated alkanes) is 3. The summed E-state index contributed by atoms with van der Waals surface area (Å²) in [7, 11) is 1.75. The summed E-state index contributed by atoms with van der Waals surface area (Å²) in [4.78, 5) is 0. The molecule has 0 fully saturated rings. The van der Waals surface area contributed by atoms with Gasteiger partial charge in [0.05, 0.1) is 11.7 Å². The van der Waals surface area contributed by atoms with Crippen molar-refractivity contribution in [3.05, 3.63) is 12.2 Å². The average molecular weight is 331 g/mol. The molecule has 3 heteroatoms. The summed E-state index contributed by atoms with van der Waals surface area (Å²) in [5.41, 5.74) is -0.0155. The molecular formula is C20H42O3. The molecule has 23 heavy (non-hydrogen) atoms. The summed E-state index contributed by atoms with van der Waals surface area (Å²) < 4.78 is 5.32. The van der Waals surface area contributed by atoms with E-state index in [1.807, 2.05) is 6.92 Å². The van der Waals surface area contributed by atoms with Crippen LogP contribution in [-0.2, 0) is 4.74 Å². The van der Waals surface area contributed by atoms with E-state index in [1.54, 1.807) is 7.11 Å². The predicted octanol–water partition coefficient (Wildman–Crippen LogP) is 5.10. The quantitative estimate of drug-likeness (QED) is 0.386. The summed E-state index contributed by atoms with van der Waals surface area (Å²) in [6, 6.07) is 0. The maximum atomic E-state index is 9.28. The highest BCUT2D eigenvalue weighted by Gasteiger charge is 2.17. The molecule has 0 saturated heterocycles. The van der Waals surface area contributed by atoms with Crippen LogP contribution in [0.25, 0.3) is 0 Å². The molecule has 2 N–H and O–H groups in total.